The lowest BCUT2D eigenvalue weighted by Crippen LogP contribution is -2.34. The van der Waals surface area contributed by atoms with Gasteiger partial charge >= 0.3 is 0 Å². The van der Waals surface area contributed by atoms with Gasteiger partial charge in [0.05, 0.1) is 0 Å². The zero-order chi connectivity index (χ0) is 10.1. The number of Topliss-reactive ketones (excluding diaryl/α,β-unsaturated/α-hetero) is 1. The second-order valence-electron chi connectivity index (χ2n) is 4.75. The number of alkyl halides is 1. The van der Waals surface area contributed by atoms with Gasteiger partial charge in [0.1, 0.15) is 0 Å². The van der Waals surface area contributed by atoms with Crippen LogP contribution >= 0.6 is 0 Å². The fraction of sp³-hybridized carbons (Fsp3) is 0.909. The molecule has 0 N–H and O–H groups in total. The van der Waals surface area contributed by atoms with E-state index in [-0.39, 0.29) is 11.2 Å². The Kier molecular flexibility index (Phi) is 3.09. The van der Waals surface area contributed by atoms with E-state index in [1.165, 1.54) is 0 Å². The molecular formula is C11H19FO. The molecule has 0 aromatic carbocycles. The van der Waals surface area contributed by atoms with Gasteiger partial charge in [-0.05, 0) is 24.2 Å². The fourth-order valence-corrected chi connectivity index (χ4v) is 1.97. The molecule has 0 amide bonds. The molecule has 0 heterocycles. The van der Waals surface area contributed by atoms with E-state index in [1.54, 1.807) is 0 Å². The third-order valence-electron chi connectivity index (χ3n) is 3.60. The molecule has 0 bridgehead atoms. The van der Waals surface area contributed by atoms with E-state index in [4.69, 9.17) is 0 Å². The topological polar surface area (TPSA) is 17.1 Å². The summed E-state index contributed by atoms with van der Waals surface area (Å²) in [5.74, 6) is 0.188. The van der Waals surface area contributed by atoms with Crippen LogP contribution in [0.1, 0.15) is 46.5 Å². The number of rotatable bonds is 2. The molecule has 1 fully saturated rings. The average Bonchev–Trinajstić information content (AvgIpc) is 2.09. The predicted octanol–water partition coefficient (Wildman–Crippen LogP) is 3.13. The first-order valence-electron chi connectivity index (χ1n) is 5.14. The molecule has 1 nitrogen and oxygen atoms in total. The molecule has 76 valence electrons. The summed E-state index contributed by atoms with van der Waals surface area (Å²) in [7, 11) is 0. The van der Waals surface area contributed by atoms with Crippen molar-refractivity contribution in [2.75, 3.05) is 0 Å². The number of ketones is 1. The lowest BCUT2D eigenvalue weighted by molar-refractivity contribution is -0.127. The minimum Gasteiger partial charge on any atom is -0.296 e. The smallest absolute Gasteiger partial charge is 0.166 e. The van der Waals surface area contributed by atoms with E-state index in [2.05, 4.69) is 20.8 Å². The van der Waals surface area contributed by atoms with Gasteiger partial charge in [0, 0.05) is 6.42 Å². The van der Waals surface area contributed by atoms with Crippen molar-refractivity contribution in [2.45, 2.75) is 52.6 Å². The molecule has 0 radical (unpaired) electrons. The Morgan fingerprint density at radius 2 is 2.15 bits per heavy atom. The van der Waals surface area contributed by atoms with Crippen LogP contribution in [0.3, 0.4) is 0 Å². The Morgan fingerprint density at radius 1 is 1.54 bits per heavy atom. The summed E-state index contributed by atoms with van der Waals surface area (Å²) in [6.45, 7) is 6.46. The number of carbonyl (C=O) groups excluding carboxylic acids is 1. The van der Waals surface area contributed by atoms with Crippen LogP contribution in [-0.2, 0) is 4.79 Å². The molecular weight excluding hydrogens is 167 g/mol. The van der Waals surface area contributed by atoms with Crippen molar-refractivity contribution in [3.05, 3.63) is 0 Å². The van der Waals surface area contributed by atoms with E-state index in [0.717, 1.165) is 12.8 Å². The first kappa shape index (κ1) is 10.7. The monoisotopic (exact) mass is 186 g/mol. The molecule has 1 saturated carbocycles. The van der Waals surface area contributed by atoms with Crippen molar-refractivity contribution in [3.8, 4) is 0 Å². The van der Waals surface area contributed by atoms with E-state index in [0.29, 0.717) is 18.8 Å². The van der Waals surface area contributed by atoms with Crippen molar-refractivity contribution in [1.82, 2.24) is 0 Å². The quantitative estimate of drug-likeness (QED) is 0.647. The van der Waals surface area contributed by atoms with Gasteiger partial charge in [-0.3, -0.25) is 4.79 Å². The molecule has 2 heteroatoms. The largest absolute Gasteiger partial charge is 0.296 e. The third-order valence-corrected chi connectivity index (χ3v) is 3.60. The SMILES string of the molecule is CCC(C)(C)C1CCC(=O)C(F)C1. The summed E-state index contributed by atoms with van der Waals surface area (Å²) in [6, 6.07) is 0. The molecule has 2 atom stereocenters. The summed E-state index contributed by atoms with van der Waals surface area (Å²) < 4.78 is 13.1. The predicted molar refractivity (Wildman–Crippen MR) is 51.3 cm³/mol. The highest BCUT2D eigenvalue weighted by Gasteiger charge is 2.36. The van der Waals surface area contributed by atoms with E-state index < -0.39 is 6.17 Å². The van der Waals surface area contributed by atoms with Crippen molar-refractivity contribution in [1.29, 1.82) is 0 Å². The number of carbonyl (C=O) groups is 1. The highest BCUT2D eigenvalue weighted by molar-refractivity contribution is 5.83. The number of halogens is 1. The lowest BCUT2D eigenvalue weighted by atomic mass is 9.69. The van der Waals surface area contributed by atoms with Crippen LogP contribution in [0, 0.1) is 11.3 Å². The summed E-state index contributed by atoms with van der Waals surface area (Å²) in [5.41, 5.74) is 0.186. The summed E-state index contributed by atoms with van der Waals surface area (Å²) in [5, 5.41) is 0. The Hall–Kier alpha value is -0.400. The molecule has 0 spiro atoms. The lowest BCUT2D eigenvalue weighted by Gasteiger charge is -2.36. The van der Waals surface area contributed by atoms with Gasteiger partial charge in [-0.15, -0.1) is 0 Å². The van der Waals surface area contributed by atoms with Gasteiger partial charge in [0.25, 0.3) is 0 Å². The average molecular weight is 186 g/mol. The Bertz CT molecular complexity index is 198. The van der Waals surface area contributed by atoms with Gasteiger partial charge in [-0.25, -0.2) is 4.39 Å². The summed E-state index contributed by atoms with van der Waals surface area (Å²) in [4.78, 5) is 11.0. The van der Waals surface area contributed by atoms with Crippen LogP contribution in [0.2, 0.25) is 0 Å². The Balaban J connectivity index is 2.60. The molecule has 2 unspecified atom stereocenters. The second-order valence-corrected chi connectivity index (χ2v) is 4.75. The van der Waals surface area contributed by atoms with Crippen LogP contribution in [0.5, 0.6) is 0 Å². The molecule has 1 aliphatic rings. The standard InChI is InChI=1S/C11H19FO/c1-4-11(2,3)8-5-6-10(13)9(12)7-8/h8-9H,4-7H2,1-3H3. The van der Waals surface area contributed by atoms with Crippen LogP contribution < -0.4 is 0 Å². The van der Waals surface area contributed by atoms with Crippen LogP contribution in [0.4, 0.5) is 4.39 Å². The zero-order valence-electron chi connectivity index (χ0n) is 8.77. The van der Waals surface area contributed by atoms with Crippen molar-refractivity contribution < 1.29 is 9.18 Å². The highest BCUT2D eigenvalue weighted by Crippen LogP contribution is 2.40. The van der Waals surface area contributed by atoms with Crippen molar-refractivity contribution >= 4 is 5.78 Å². The highest BCUT2D eigenvalue weighted by atomic mass is 19.1. The molecule has 0 saturated heterocycles. The van der Waals surface area contributed by atoms with Gasteiger partial charge in [0.15, 0.2) is 12.0 Å². The zero-order valence-corrected chi connectivity index (χ0v) is 8.77. The minimum absolute atomic E-state index is 0.186. The van der Waals surface area contributed by atoms with E-state index in [9.17, 15) is 9.18 Å². The van der Waals surface area contributed by atoms with E-state index >= 15 is 0 Å². The Morgan fingerprint density at radius 3 is 2.62 bits per heavy atom. The number of hydrogen-bond acceptors (Lipinski definition) is 1. The van der Waals surface area contributed by atoms with Gasteiger partial charge in [-0.2, -0.15) is 0 Å². The maximum absolute atomic E-state index is 13.1. The van der Waals surface area contributed by atoms with Crippen LogP contribution in [-0.4, -0.2) is 12.0 Å². The van der Waals surface area contributed by atoms with Gasteiger partial charge in [0.2, 0.25) is 0 Å². The van der Waals surface area contributed by atoms with Crippen molar-refractivity contribution in [3.63, 3.8) is 0 Å². The van der Waals surface area contributed by atoms with E-state index in [1.807, 2.05) is 0 Å². The third kappa shape index (κ3) is 2.29. The maximum atomic E-state index is 13.1. The molecule has 0 aromatic rings. The van der Waals surface area contributed by atoms with Crippen molar-refractivity contribution in [2.24, 2.45) is 11.3 Å². The fourth-order valence-electron chi connectivity index (χ4n) is 1.97. The minimum atomic E-state index is -1.19. The normalized spacial score (nSPS) is 30.6. The first-order valence-corrected chi connectivity index (χ1v) is 5.14. The Labute approximate surface area is 79.7 Å². The molecule has 13 heavy (non-hydrogen) atoms. The summed E-state index contributed by atoms with van der Waals surface area (Å²) >= 11 is 0. The first-order chi connectivity index (χ1) is 5.97. The van der Waals surface area contributed by atoms with Gasteiger partial charge < -0.3 is 0 Å². The van der Waals surface area contributed by atoms with Gasteiger partial charge in [-0.1, -0.05) is 27.2 Å². The summed E-state index contributed by atoms with van der Waals surface area (Å²) in [6.07, 6.45) is 1.62. The molecule has 0 aromatic heterocycles. The second kappa shape index (κ2) is 3.77. The maximum Gasteiger partial charge on any atom is 0.166 e. The molecule has 0 aliphatic heterocycles. The molecule has 1 rings (SSSR count). The van der Waals surface area contributed by atoms with Crippen LogP contribution in [0.25, 0.3) is 0 Å². The van der Waals surface area contributed by atoms with Crippen LogP contribution in [0.15, 0.2) is 0 Å². The molecule has 1 aliphatic carbocycles. The number of hydrogen-bond donors (Lipinski definition) is 0.